The maximum atomic E-state index is 13.2. The zero-order valence-electron chi connectivity index (χ0n) is 25.6. The fourth-order valence-electron chi connectivity index (χ4n) is 5.77. The summed E-state index contributed by atoms with van der Waals surface area (Å²) in [5.74, 6) is 0.631. The number of benzene rings is 4. The molecular formula is C36H42O3Ti2. The molecule has 41 heavy (non-hydrogen) atoms. The monoisotopic (exact) mass is 618 g/mol. The molecule has 0 radical (unpaired) electrons. The maximum Gasteiger partial charge on any atom is 0 e. The molecule has 5 heteroatoms. The Hall–Kier alpha value is -2.13. The fourth-order valence-corrected chi connectivity index (χ4v) is 7.00. The summed E-state index contributed by atoms with van der Waals surface area (Å²) in [7, 11) is 0. The van der Waals surface area contributed by atoms with E-state index < -0.39 is 29.4 Å². The summed E-state index contributed by atoms with van der Waals surface area (Å²) in [4.78, 5) is 0. The van der Waals surface area contributed by atoms with Gasteiger partial charge in [0.1, 0.15) is 0 Å². The molecule has 0 aliphatic rings. The van der Waals surface area contributed by atoms with Crippen LogP contribution in [0.1, 0.15) is 88.8 Å². The van der Waals surface area contributed by atoms with Gasteiger partial charge in [0.2, 0.25) is 0 Å². The minimum absolute atomic E-state index is 0. The second kappa shape index (κ2) is 13.4. The van der Waals surface area contributed by atoms with Crippen molar-refractivity contribution in [2.75, 3.05) is 0 Å². The van der Waals surface area contributed by atoms with E-state index in [-0.39, 0.29) is 33.2 Å². The van der Waals surface area contributed by atoms with E-state index in [1.54, 1.807) is 0 Å². The Labute approximate surface area is 268 Å². The molecule has 0 saturated heterocycles. The quantitative estimate of drug-likeness (QED) is 0.166. The van der Waals surface area contributed by atoms with Crippen molar-refractivity contribution in [3.63, 3.8) is 0 Å². The molecule has 0 unspecified atom stereocenters. The first-order valence-electron chi connectivity index (χ1n) is 14.1. The van der Waals surface area contributed by atoms with Crippen LogP contribution in [-0.2, 0) is 63.2 Å². The van der Waals surface area contributed by atoms with Crippen molar-refractivity contribution in [2.45, 2.75) is 77.7 Å². The molecule has 4 aromatic carbocycles. The van der Waals surface area contributed by atoms with E-state index in [1.165, 1.54) is 22.3 Å². The molecule has 0 aromatic heterocycles. The van der Waals surface area contributed by atoms with Crippen LogP contribution >= 0.6 is 0 Å². The van der Waals surface area contributed by atoms with Crippen LogP contribution in [0.2, 0.25) is 0 Å². The zero-order chi connectivity index (χ0) is 29.1. The molecule has 3 nitrogen and oxygen atoms in total. The summed E-state index contributed by atoms with van der Waals surface area (Å²) in [6.07, 6.45) is -0.172. The Morgan fingerprint density at radius 2 is 0.951 bits per heavy atom. The topological polar surface area (TPSA) is 35.5 Å². The molecule has 0 atom stereocenters. The summed E-state index contributed by atoms with van der Waals surface area (Å²) in [5.41, 5.74) is 5.89. The van der Waals surface area contributed by atoms with Crippen molar-refractivity contribution >= 4 is 0 Å². The van der Waals surface area contributed by atoms with Gasteiger partial charge in [-0.3, -0.25) is 0 Å². The summed E-state index contributed by atoms with van der Waals surface area (Å²) >= 11 is -3.51. The Morgan fingerprint density at radius 1 is 0.561 bits per heavy atom. The van der Waals surface area contributed by atoms with Crippen molar-refractivity contribution in [2.24, 2.45) is 0 Å². The largest absolute Gasteiger partial charge is 0 e. The van der Waals surface area contributed by atoms with Gasteiger partial charge in [0.15, 0.2) is 0 Å². The maximum absolute atomic E-state index is 13.2. The van der Waals surface area contributed by atoms with Gasteiger partial charge in [0.25, 0.3) is 0 Å². The second-order valence-corrected chi connectivity index (χ2v) is 13.8. The number of hydrogen-bond donors (Lipinski definition) is 0. The van der Waals surface area contributed by atoms with Crippen molar-refractivity contribution in [1.82, 2.24) is 0 Å². The van der Waals surface area contributed by atoms with Crippen LogP contribution in [0.15, 0.2) is 103 Å². The number of rotatable bonds is 10. The Balaban J connectivity index is 0.00000462. The smallest absolute Gasteiger partial charge is 0 e. The van der Waals surface area contributed by atoms with E-state index in [1.807, 2.05) is 26.0 Å². The molecule has 0 heterocycles. The van der Waals surface area contributed by atoms with Gasteiger partial charge < -0.3 is 0 Å². The van der Waals surface area contributed by atoms with E-state index in [0.29, 0.717) is 5.75 Å². The standard InChI is InChI=1S/C33H36O.C3H7O.O.2Ti/c1-31(2,24-16-10-7-11-17-24)27-22-23-28(34)30(33(5,6)26-20-14-9-15-21-26)29(27)32(3,4)25-18-12-8-13-19-25;1-3(2)4;;;/h7-23,34H,1-6H3;3H,1-2H3;;;/q;-1;;;+2/p-1. The van der Waals surface area contributed by atoms with Gasteiger partial charge >= 0.3 is 249 Å². The average Bonchev–Trinajstić information content (AvgIpc) is 2.93. The average molecular weight is 618 g/mol. The van der Waals surface area contributed by atoms with Crippen molar-refractivity contribution in [1.29, 1.82) is 0 Å². The summed E-state index contributed by atoms with van der Waals surface area (Å²) < 4.78 is 25.2. The van der Waals surface area contributed by atoms with Crippen molar-refractivity contribution in [3.05, 3.63) is 137 Å². The van der Waals surface area contributed by atoms with E-state index >= 15 is 0 Å². The van der Waals surface area contributed by atoms with E-state index in [0.717, 1.165) is 11.1 Å². The van der Waals surface area contributed by atoms with Crippen molar-refractivity contribution < 1.29 is 50.3 Å². The SMILES string of the molecule is CC(C)[O][Ti](=[O])[O]c1ccc(C(C)(C)c2ccccc2)c(C(C)(C)c2ccccc2)c1C(C)(C)c1ccccc1.[Ti]. The third-order valence-corrected chi connectivity index (χ3v) is 9.74. The molecular weight excluding hydrogens is 576 g/mol. The minimum Gasteiger partial charge on any atom is 0 e. The first-order valence-corrected chi connectivity index (χ1v) is 16.0. The molecule has 4 aromatic rings. The molecule has 4 rings (SSSR count). The second-order valence-electron chi connectivity index (χ2n) is 12.4. The predicted molar refractivity (Wildman–Crippen MR) is 160 cm³/mol. The van der Waals surface area contributed by atoms with Gasteiger partial charge in [0.05, 0.1) is 0 Å². The Bertz CT molecular complexity index is 1440. The Kier molecular flexibility index (Phi) is 10.9. The van der Waals surface area contributed by atoms with Crippen LogP contribution in [0.5, 0.6) is 5.75 Å². The van der Waals surface area contributed by atoms with Gasteiger partial charge in [-0.25, -0.2) is 0 Å². The molecule has 0 fully saturated rings. The molecule has 0 aliphatic heterocycles. The van der Waals surface area contributed by atoms with Crippen LogP contribution < -0.4 is 3.32 Å². The van der Waals surface area contributed by atoms with Gasteiger partial charge in [0, 0.05) is 21.7 Å². The first-order chi connectivity index (χ1) is 18.9. The minimum atomic E-state index is -3.51. The molecule has 212 valence electrons. The molecule has 0 amide bonds. The molecule has 0 aliphatic carbocycles. The van der Waals surface area contributed by atoms with E-state index in [4.69, 9.17) is 6.64 Å². The molecule has 0 N–H and O–H groups in total. The molecule has 0 saturated carbocycles. The van der Waals surface area contributed by atoms with Gasteiger partial charge in [-0.15, -0.1) is 0 Å². The van der Waals surface area contributed by atoms with Crippen LogP contribution in [-0.4, -0.2) is 6.10 Å². The summed E-state index contributed by atoms with van der Waals surface area (Å²) in [5, 5.41) is 0. The normalized spacial score (nSPS) is 12.1. The van der Waals surface area contributed by atoms with E-state index in [2.05, 4.69) is 133 Å². The summed E-state index contributed by atoms with van der Waals surface area (Å²) in [6.45, 7) is 17.4. The summed E-state index contributed by atoms with van der Waals surface area (Å²) in [6, 6.07) is 36.0. The molecule has 0 bridgehead atoms. The third-order valence-electron chi connectivity index (χ3n) is 8.10. The Morgan fingerprint density at radius 3 is 1.37 bits per heavy atom. The van der Waals surface area contributed by atoms with E-state index in [9.17, 15) is 3.32 Å². The van der Waals surface area contributed by atoms with Gasteiger partial charge in [-0.1, -0.05) is 0 Å². The van der Waals surface area contributed by atoms with Gasteiger partial charge in [-0.05, 0) is 0 Å². The third kappa shape index (κ3) is 7.09. The van der Waals surface area contributed by atoms with Gasteiger partial charge in [-0.2, -0.15) is 0 Å². The fraction of sp³-hybridized carbons (Fsp3) is 0.333. The predicted octanol–water partition coefficient (Wildman–Crippen LogP) is 9.26. The zero-order valence-corrected chi connectivity index (χ0v) is 28.7. The number of hydrogen-bond acceptors (Lipinski definition) is 3. The van der Waals surface area contributed by atoms with Crippen LogP contribution in [0.25, 0.3) is 0 Å². The molecule has 0 spiro atoms. The van der Waals surface area contributed by atoms with Crippen molar-refractivity contribution in [3.8, 4) is 5.75 Å². The van der Waals surface area contributed by atoms with Crippen LogP contribution in [0.4, 0.5) is 0 Å². The van der Waals surface area contributed by atoms with Crippen LogP contribution in [0, 0.1) is 0 Å². The van der Waals surface area contributed by atoms with Crippen LogP contribution in [0.3, 0.4) is 0 Å². The first kappa shape index (κ1) is 33.4.